The number of aromatic nitrogens is 2. The molecule has 2 aromatic rings. The first-order chi connectivity index (χ1) is 12.2. The lowest BCUT2D eigenvalue weighted by Gasteiger charge is -2.18. The highest BCUT2D eigenvalue weighted by Crippen LogP contribution is 2.23. The van der Waals surface area contributed by atoms with Crippen molar-refractivity contribution in [3.8, 4) is 0 Å². The topological polar surface area (TPSA) is 70.2 Å². The van der Waals surface area contributed by atoms with Crippen LogP contribution in [0.1, 0.15) is 42.5 Å². The van der Waals surface area contributed by atoms with Crippen molar-refractivity contribution in [1.82, 2.24) is 15.3 Å². The first-order valence-electron chi connectivity index (χ1n) is 8.91. The van der Waals surface area contributed by atoms with E-state index in [4.69, 9.17) is 0 Å². The number of carbonyl (C=O) groups excluding carboxylic acids is 1. The molecule has 6 heteroatoms. The smallest absolute Gasteiger partial charge is 0.270 e. The summed E-state index contributed by atoms with van der Waals surface area (Å²) in [5.74, 6) is 1.03. The average molecular weight is 339 g/mol. The van der Waals surface area contributed by atoms with Crippen molar-refractivity contribution in [2.24, 2.45) is 0 Å². The Labute approximate surface area is 148 Å². The van der Waals surface area contributed by atoms with E-state index in [0.29, 0.717) is 23.9 Å². The van der Waals surface area contributed by atoms with Crippen LogP contribution >= 0.6 is 0 Å². The van der Waals surface area contributed by atoms with Gasteiger partial charge in [0.05, 0.1) is 0 Å². The normalized spacial score (nSPS) is 13.8. The molecule has 1 saturated heterocycles. The van der Waals surface area contributed by atoms with Crippen molar-refractivity contribution >= 4 is 23.1 Å². The minimum absolute atomic E-state index is 0.167. The molecule has 0 radical (unpaired) electrons. The summed E-state index contributed by atoms with van der Waals surface area (Å²) in [5.41, 5.74) is 2.58. The second-order valence-electron chi connectivity index (χ2n) is 6.31. The Morgan fingerprint density at radius 3 is 2.56 bits per heavy atom. The second-order valence-corrected chi connectivity index (χ2v) is 6.31. The van der Waals surface area contributed by atoms with Gasteiger partial charge in [0.1, 0.15) is 17.3 Å². The lowest BCUT2D eigenvalue weighted by atomic mass is 10.2. The van der Waals surface area contributed by atoms with Crippen LogP contribution in [0.15, 0.2) is 30.3 Å². The van der Waals surface area contributed by atoms with Gasteiger partial charge in [-0.05, 0) is 50.5 Å². The molecule has 1 aliphatic rings. The van der Waals surface area contributed by atoms with E-state index in [1.807, 2.05) is 19.1 Å². The molecule has 0 bridgehead atoms. The number of hydrogen-bond acceptors (Lipinski definition) is 5. The van der Waals surface area contributed by atoms with Gasteiger partial charge >= 0.3 is 0 Å². The van der Waals surface area contributed by atoms with Gasteiger partial charge in [0, 0.05) is 37.1 Å². The Balaban J connectivity index is 1.71. The van der Waals surface area contributed by atoms with Crippen LogP contribution in [0.4, 0.5) is 17.2 Å². The highest BCUT2D eigenvalue weighted by molar-refractivity contribution is 5.93. The SMILES string of the molecule is CCCNC(=O)c1cc(Nc2ccc(N3CCCC3)cc2)nc(C)n1. The molecule has 0 aliphatic carbocycles. The molecule has 0 unspecified atom stereocenters. The first kappa shape index (κ1) is 17.2. The van der Waals surface area contributed by atoms with Crippen molar-refractivity contribution < 1.29 is 4.79 Å². The van der Waals surface area contributed by atoms with Gasteiger partial charge in [-0.2, -0.15) is 0 Å². The van der Waals surface area contributed by atoms with Gasteiger partial charge in [-0.3, -0.25) is 4.79 Å². The van der Waals surface area contributed by atoms with Gasteiger partial charge in [0.2, 0.25) is 0 Å². The van der Waals surface area contributed by atoms with Crippen LogP contribution in [0.2, 0.25) is 0 Å². The molecule has 25 heavy (non-hydrogen) atoms. The Morgan fingerprint density at radius 2 is 1.88 bits per heavy atom. The maximum Gasteiger partial charge on any atom is 0.270 e. The van der Waals surface area contributed by atoms with Crippen molar-refractivity contribution in [1.29, 1.82) is 0 Å². The number of nitrogens with zero attached hydrogens (tertiary/aromatic N) is 3. The third kappa shape index (κ3) is 4.47. The quantitative estimate of drug-likeness (QED) is 0.845. The molecule has 0 saturated carbocycles. The highest BCUT2D eigenvalue weighted by Gasteiger charge is 2.13. The first-order valence-corrected chi connectivity index (χ1v) is 8.91. The molecular weight excluding hydrogens is 314 g/mol. The maximum absolute atomic E-state index is 12.1. The van der Waals surface area contributed by atoms with Gasteiger partial charge in [0.25, 0.3) is 5.91 Å². The van der Waals surface area contributed by atoms with Crippen LogP contribution in [0.5, 0.6) is 0 Å². The molecule has 1 aliphatic heterocycles. The molecule has 2 heterocycles. The van der Waals surface area contributed by atoms with Crippen molar-refractivity contribution in [3.05, 3.63) is 41.9 Å². The summed E-state index contributed by atoms with van der Waals surface area (Å²) in [6.07, 6.45) is 3.43. The van der Waals surface area contributed by atoms with Crippen molar-refractivity contribution in [2.75, 3.05) is 29.9 Å². The summed E-state index contributed by atoms with van der Waals surface area (Å²) in [6, 6.07) is 10.0. The summed E-state index contributed by atoms with van der Waals surface area (Å²) >= 11 is 0. The number of amides is 1. The summed E-state index contributed by atoms with van der Waals surface area (Å²) in [7, 11) is 0. The third-order valence-corrected chi connectivity index (χ3v) is 4.22. The zero-order valence-electron chi connectivity index (χ0n) is 14.9. The van der Waals surface area contributed by atoms with E-state index in [0.717, 1.165) is 25.2 Å². The summed E-state index contributed by atoms with van der Waals surface area (Å²) in [4.78, 5) is 23.1. The van der Waals surface area contributed by atoms with Crippen molar-refractivity contribution in [2.45, 2.75) is 33.1 Å². The number of nitrogens with one attached hydrogen (secondary N) is 2. The van der Waals surface area contributed by atoms with Crippen molar-refractivity contribution in [3.63, 3.8) is 0 Å². The maximum atomic E-state index is 12.1. The van der Waals surface area contributed by atoms with Crippen LogP contribution in [0, 0.1) is 6.92 Å². The predicted octanol–water partition coefficient (Wildman–Crippen LogP) is 3.27. The van der Waals surface area contributed by atoms with E-state index in [9.17, 15) is 4.79 Å². The van der Waals surface area contributed by atoms with Crippen LogP contribution in [0.3, 0.4) is 0 Å². The van der Waals surface area contributed by atoms with Crippen LogP contribution in [-0.4, -0.2) is 35.5 Å². The largest absolute Gasteiger partial charge is 0.372 e. The molecule has 1 amide bonds. The zero-order valence-corrected chi connectivity index (χ0v) is 14.9. The van der Waals surface area contributed by atoms with E-state index < -0.39 is 0 Å². The van der Waals surface area contributed by atoms with E-state index in [-0.39, 0.29) is 5.91 Å². The Bertz CT molecular complexity index is 723. The number of benzene rings is 1. The van der Waals surface area contributed by atoms with Crippen LogP contribution in [-0.2, 0) is 0 Å². The average Bonchev–Trinajstić information content (AvgIpc) is 3.14. The number of hydrogen-bond donors (Lipinski definition) is 2. The lowest BCUT2D eigenvalue weighted by molar-refractivity contribution is 0.0948. The molecule has 1 aromatic heterocycles. The number of rotatable bonds is 6. The van der Waals surface area contributed by atoms with Crippen LogP contribution < -0.4 is 15.5 Å². The fraction of sp³-hybridized carbons (Fsp3) is 0.421. The molecule has 0 spiro atoms. The molecular formula is C19H25N5O. The summed E-state index contributed by atoms with van der Waals surface area (Å²) < 4.78 is 0. The fourth-order valence-corrected chi connectivity index (χ4v) is 2.96. The molecule has 2 N–H and O–H groups in total. The van der Waals surface area contributed by atoms with Gasteiger partial charge in [-0.1, -0.05) is 6.92 Å². The third-order valence-electron chi connectivity index (χ3n) is 4.22. The molecule has 6 nitrogen and oxygen atoms in total. The standard InChI is InChI=1S/C19H25N5O/c1-3-10-20-19(25)17-13-18(22-14(2)21-17)23-15-6-8-16(9-7-15)24-11-4-5-12-24/h6-9,13H,3-5,10-12H2,1-2H3,(H,20,25)(H,21,22,23). The van der Waals surface area contributed by atoms with E-state index >= 15 is 0 Å². The molecule has 0 atom stereocenters. The summed E-state index contributed by atoms with van der Waals surface area (Å²) in [6.45, 7) is 6.72. The van der Waals surface area contributed by atoms with Gasteiger partial charge in [-0.25, -0.2) is 9.97 Å². The fourth-order valence-electron chi connectivity index (χ4n) is 2.96. The Hall–Kier alpha value is -2.63. The highest BCUT2D eigenvalue weighted by atomic mass is 16.1. The number of aryl methyl sites for hydroxylation is 1. The Morgan fingerprint density at radius 1 is 1.16 bits per heavy atom. The molecule has 1 aromatic carbocycles. The monoisotopic (exact) mass is 339 g/mol. The number of anilines is 3. The zero-order chi connectivity index (χ0) is 17.6. The lowest BCUT2D eigenvalue weighted by Crippen LogP contribution is -2.25. The number of carbonyl (C=O) groups is 1. The van der Waals surface area contributed by atoms with Crippen LogP contribution in [0.25, 0.3) is 0 Å². The Kier molecular flexibility index (Phi) is 5.48. The van der Waals surface area contributed by atoms with Gasteiger partial charge < -0.3 is 15.5 Å². The van der Waals surface area contributed by atoms with Gasteiger partial charge in [0.15, 0.2) is 0 Å². The van der Waals surface area contributed by atoms with E-state index in [2.05, 4.69) is 37.6 Å². The molecule has 1 fully saturated rings. The van der Waals surface area contributed by atoms with E-state index in [1.54, 1.807) is 13.0 Å². The minimum Gasteiger partial charge on any atom is -0.372 e. The van der Waals surface area contributed by atoms with E-state index in [1.165, 1.54) is 18.5 Å². The predicted molar refractivity (Wildman–Crippen MR) is 101 cm³/mol. The molecule has 3 rings (SSSR count). The molecule has 132 valence electrons. The summed E-state index contributed by atoms with van der Waals surface area (Å²) in [5, 5.41) is 6.11. The minimum atomic E-state index is -0.167. The van der Waals surface area contributed by atoms with Gasteiger partial charge in [-0.15, -0.1) is 0 Å². The second kappa shape index (κ2) is 7.96.